The second kappa shape index (κ2) is 10.0. The molecule has 0 saturated carbocycles. The first-order valence-corrected chi connectivity index (χ1v) is 9.74. The van der Waals surface area contributed by atoms with Crippen LogP contribution in [0, 0.1) is 5.82 Å². The molecular formula is C23H26FNO3. The molecule has 0 spiro atoms. The van der Waals surface area contributed by atoms with Gasteiger partial charge in [-0.2, -0.15) is 0 Å². The van der Waals surface area contributed by atoms with Crippen LogP contribution >= 0.6 is 0 Å². The Balaban J connectivity index is 1.58. The Kier molecular flexibility index (Phi) is 7.20. The summed E-state index contributed by atoms with van der Waals surface area (Å²) >= 11 is 0. The summed E-state index contributed by atoms with van der Waals surface area (Å²) in [6, 6.07) is 8.68. The summed E-state index contributed by atoms with van der Waals surface area (Å²) in [7, 11) is 0. The van der Waals surface area contributed by atoms with Crippen LogP contribution in [0.25, 0.3) is 11.3 Å². The van der Waals surface area contributed by atoms with Crippen molar-refractivity contribution in [3.63, 3.8) is 0 Å². The normalized spacial score (nSPS) is 16.6. The summed E-state index contributed by atoms with van der Waals surface area (Å²) in [6.45, 7) is 2.07. The quantitative estimate of drug-likeness (QED) is 0.648. The molecule has 5 heteroatoms. The largest absolute Gasteiger partial charge is 0.459 e. The fourth-order valence-electron chi connectivity index (χ4n) is 3.08. The van der Waals surface area contributed by atoms with Crippen molar-refractivity contribution in [1.29, 1.82) is 0 Å². The zero-order valence-electron chi connectivity index (χ0n) is 16.1. The first-order valence-electron chi connectivity index (χ1n) is 9.74. The molecule has 1 aliphatic rings. The predicted molar refractivity (Wildman–Crippen MR) is 107 cm³/mol. The molecule has 1 aliphatic heterocycles. The summed E-state index contributed by atoms with van der Waals surface area (Å²) in [4.78, 5) is 4.45. The molecule has 148 valence electrons. The van der Waals surface area contributed by atoms with Crippen molar-refractivity contribution >= 4 is 0 Å². The molecule has 1 N–H and O–H groups in total. The van der Waals surface area contributed by atoms with Crippen LogP contribution in [0.2, 0.25) is 0 Å². The minimum absolute atomic E-state index is 0.135. The first-order chi connectivity index (χ1) is 13.7. The second-order valence-corrected chi connectivity index (χ2v) is 6.87. The van der Waals surface area contributed by atoms with E-state index in [1.165, 1.54) is 12.3 Å². The van der Waals surface area contributed by atoms with E-state index in [2.05, 4.69) is 11.9 Å². The van der Waals surface area contributed by atoms with E-state index in [1.54, 1.807) is 30.4 Å². The maximum Gasteiger partial charge on any atom is 0.260 e. The van der Waals surface area contributed by atoms with E-state index in [4.69, 9.17) is 9.47 Å². The predicted octanol–water partition coefficient (Wildman–Crippen LogP) is 5.18. The summed E-state index contributed by atoms with van der Waals surface area (Å²) in [5.74, 6) is -0.323. The van der Waals surface area contributed by atoms with Gasteiger partial charge in [0.05, 0.1) is 18.1 Å². The second-order valence-electron chi connectivity index (χ2n) is 6.87. The molecule has 0 fully saturated rings. The molecule has 0 saturated heterocycles. The third-order valence-corrected chi connectivity index (χ3v) is 4.59. The lowest BCUT2D eigenvalue weighted by atomic mass is 10.0. The average molecular weight is 383 g/mol. The highest BCUT2D eigenvalue weighted by Crippen LogP contribution is 2.26. The average Bonchev–Trinajstić information content (AvgIpc) is 2.71. The smallest absolute Gasteiger partial charge is 0.260 e. The van der Waals surface area contributed by atoms with Crippen LogP contribution in [0.15, 0.2) is 61.0 Å². The number of aryl methyl sites for hydroxylation is 1. The summed E-state index contributed by atoms with van der Waals surface area (Å²) in [6.07, 6.45) is 12.2. The monoisotopic (exact) mass is 383 g/mol. The van der Waals surface area contributed by atoms with Crippen LogP contribution in [0.4, 0.5) is 4.39 Å². The molecule has 0 bridgehead atoms. The van der Waals surface area contributed by atoms with Crippen molar-refractivity contribution in [3.8, 4) is 17.0 Å². The molecule has 1 aromatic heterocycles. The summed E-state index contributed by atoms with van der Waals surface area (Å²) in [5, 5.41) is 9.80. The van der Waals surface area contributed by atoms with Gasteiger partial charge in [-0.25, -0.2) is 4.39 Å². The fraction of sp³-hybridized carbons (Fsp3) is 0.348. The van der Waals surface area contributed by atoms with E-state index in [9.17, 15) is 9.50 Å². The van der Waals surface area contributed by atoms with E-state index in [1.807, 2.05) is 18.3 Å². The third-order valence-electron chi connectivity index (χ3n) is 4.59. The number of hydrogen-bond acceptors (Lipinski definition) is 4. The lowest BCUT2D eigenvalue weighted by molar-refractivity contribution is 0.00520. The number of allylic oxidation sites excluding steroid dienone is 2. The Morgan fingerprint density at radius 2 is 2.11 bits per heavy atom. The number of halogens is 1. The molecular weight excluding hydrogens is 357 g/mol. The Morgan fingerprint density at radius 3 is 2.79 bits per heavy atom. The van der Waals surface area contributed by atoms with E-state index in [-0.39, 0.29) is 11.9 Å². The summed E-state index contributed by atoms with van der Waals surface area (Å²) < 4.78 is 25.1. The topological polar surface area (TPSA) is 51.6 Å². The molecule has 2 unspecified atom stereocenters. The number of rotatable bonds is 9. The molecule has 28 heavy (non-hydrogen) atoms. The first kappa shape index (κ1) is 20.1. The highest BCUT2D eigenvalue weighted by molar-refractivity contribution is 5.60. The van der Waals surface area contributed by atoms with E-state index in [0.717, 1.165) is 37.7 Å². The van der Waals surface area contributed by atoms with Crippen LogP contribution < -0.4 is 4.74 Å². The molecule has 3 rings (SSSR count). The number of aliphatic hydroxyl groups is 1. The van der Waals surface area contributed by atoms with Crippen molar-refractivity contribution in [3.05, 3.63) is 72.4 Å². The van der Waals surface area contributed by atoms with Crippen LogP contribution in [-0.4, -0.2) is 22.5 Å². The Morgan fingerprint density at radius 1 is 1.21 bits per heavy atom. The number of pyridine rings is 1. The van der Waals surface area contributed by atoms with E-state index in [0.29, 0.717) is 11.3 Å². The van der Waals surface area contributed by atoms with Gasteiger partial charge >= 0.3 is 0 Å². The van der Waals surface area contributed by atoms with Gasteiger partial charge in [0, 0.05) is 11.8 Å². The minimum Gasteiger partial charge on any atom is -0.459 e. The number of aliphatic hydroxyl groups excluding tert-OH is 1. The molecule has 2 heterocycles. The van der Waals surface area contributed by atoms with Crippen LogP contribution in [0.3, 0.4) is 0 Å². The van der Waals surface area contributed by atoms with Gasteiger partial charge in [-0.15, -0.1) is 0 Å². The van der Waals surface area contributed by atoms with Crippen LogP contribution in [0.1, 0.15) is 38.2 Å². The van der Waals surface area contributed by atoms with E-state index < -0.39 is 12.1 Å². The van der Waals surface area contributed by atoms with Crippen molar-refractivity contribution in [2.24, 2.45) is 0 Å². The van der Waals surface area contributed by atoms with Crippen LogP contribution in [0.5, 0.6) is 5.75 Å². The van der Waals surface area contributed by atoms with Gasteiger partial charge in [0.2, 0.25) is 0 Å². The molecule has 0 radical (unpaired) electrons. The van der Waals surface area contributed by atoms with Crippen molar-refractivity contribution in [1.82, 2.24) is 4.98 Å². The molecule has 2 atom stereocenters. The minimum atomic E-state index is -0.626. The molecule has 1 aromatic carbocycles. The SMILES string of the molecule is CCCC(O)CCCc1ccc(-c2ccc(OC3C=CC=CO3)c(F)c2)nc1. The van der Waals surface area contributed by atoms with Gasteiger partial charge < -0.3 is 14.6 Å². The maximum atomic E-state index is 14.4. The molecule has 4 nitrogen and oxygen atoms in total. The summed E-state index contributed by atoms with van der Waals surface area (Å²) in [5.41, 5.74) is 2.51. The molecule has 2 aromatic rings. The van der Waals surface area contributed by atoms with Gasteiger partial charge in [0.25, 0.3) is 6.29 Å². The Bertz CT molecular complexity index is 817. The number of aromatic nitrogens is 1. The lowest BCUT2D eigenvalue weighted by Crippen LogP contribution is -2.17. The highest BCUT2D eigenvalue weighted by atomic mass is 19.1. The highest BCUT2D eigenvalue weighted by Gasteiger charge is 2.13. The number of hydrogen-bond donors (Lipinski definition) is 1. The van der Waals surface area contributed by atoms with Gasteiger partial charge in [-0.1, -0.05) is 25.5 Å². The number of ether oxygens (including phenoxy) is 2. The number of benzene rings is 1. The number of nitrogens with zero attached hydrogens (tertiary/aromatic N) is 1. The maximum absolute atomic E-state index is 14.4. The van der Waals surface area contributed by atoms with Crippen molar-refractivity contribution in [2.45, 2.75) is 51.4 Å². The third kappa shape index (κ3) is 5.67. The van der Waals surface area contributed by atoms with Gasteiger partial charge in [-0.05, 0) is 67.7 Å². The van der Waals surface area contributed by atoms with E-state index >= 15 is 0 Å². The van der Waals surface area contributed by atoms with Gasteiger partial charge in [0.1, 0.15) is 0 Å². The lowest BCUT2D eigenvalue weighted by Gasteiger charge is -2.17. The van der Waals surface area contributed by atoms with Crippen molar-refractivity contribution in [2.75, 3.05) is 0 Å². The molecule has 0 aliphatic carbocycles. The van der Waals surface area contributed by atoms with Gasteiger partial charge in [-0.3, -0.25) is 4.98 Å². The fourth-order valence-corrected chi connectivity index (χ4v) is 3.08. The Hall–Kier alpha value is -2.66. The standard InChI is InChI=1S/C23H26FNO3/c1-2-6-19(26)8-5-7-17-10-12-21(25-16-17)18-11-13-22(20(24)15-18)28-23-9-3-4-14-27-23/h3-4,9-16,19,23,26H,2,5-8H2,1H3. The zero-order chi connectivity index (χ0) is 19.8. The Labute approximate surface area is 165 Å². The zero-order valence-corrected chi connectivity index (χ0v) is 16.1. The molecule has 0 amide bonds. The van der Waals surface area contributed by atoms with Gasteiger partial charge in [0.15, 0.2) is 11.6 Å². The van der Waals surface area contributed by atoms with Crippen molar-refractivity contribution < 1.29 is 19.0 Å². The van der Waals surface area contributed by atoms with Crippen LogP contribution in [-0.2, 0) is 11.2 Å².